The van der Waals surface area contributed by atoms with Crippen molar-refractivity contribution in [1.29, 1.82) is 0 Å². The molecule has 1 atom stereocenters. The minimum absolute atomic E-state index is 0.220. The van der Waals surface area contributed by atoms with E-state index in [0.29, 0.717) is 0 Å². The number of benzene rings is 1. The van der Waals surface area contributed by atoms with Crippen LogP contribution < -0.4 is 0 Å². The Kier molecular flexibility index (Phi) is 4.44. The Bertz CT molecular complexity index is 501. The lowest BCUT2D eigenvalue weighted by Gasteiger charge is -2.09. The average molecular weight is 284 g/mol. The number of halogens is 4. The van der Waals surface area contributed by atoms with Gasteiger partial charge in [-0.3, -0.25) is 4.21 Å². The highest BCUT2D eigenvalue weighted by Gasteiger charge is 2.31. The predicted octanol–water partition coefficient (Wildman–Crippen LogP) is 2.16. The standard InChI is InChI=1S/C10H8F4O3S/c1-3-17-10(15)4-5(11)7(13)9(18(2)16)8(14)6(4)12/h3H2,1-2H3/t18-/m1/s1. The molecule has 0 saturated carbocycles. The quantitative estimate of drug-likeness (QED) is 0.485. The molecule has 0 N–H and O–H groups in total. The SMILES string of the molecule is CCOC(=O)c1c(F)c(F)c([S@@](C)=O)c(F)c1F. The zero-order valence-electron chi connectivity index (χ0n) is 9.35. The lowest BCUT2D eigenvalue weighted by molar-refractivity contribution is 0.0511. The van der Waals surface area contributed by atoms with Gasteiger partial charge in [-0.05, 0) is 6.92 Å². The molecule has 0 aliphatic carbocycles. The van der Waals surface area contributed by atoms with Gasteiger partial charge in [0.25, 0.3) is 0 Å². The molecule has 0 radical (unpaired) electrons. The first kappa shape index (κ1) is 14.6. The molecule has 0 bridgehead atoms. The third-order valence-electron chi connectivity index (χ3n) is 1.99. The Morgan fingerprint density at radius 3 is 1.89 bits per heavy atom. The van der Waals surface area contributed by atoms with Gasteiger partial charge in [-0.15, -0.1) is 0 Å². The molecule has 8 heteroatoms. The fourth-order valence-electron chi connectivity index (χ4n) is 1.25. The zero-order valence-corrected chi connectivity index (χ0v) is 10.2. The Morgan fingerprint density at radius 2 is 1.56 bits per heavy atom. The number of rotatable bonds is 3. The first-order valence-electron chi connectivity index (χ1n) is 4.69. The number of hydrogen-bond acceptors (Lipinski definition) is 3. The minimum atomic E-state index is -2.28. The molecular weight excluding hydrogens is 276 g/mol. The average Bonchev–Trinajstić information content (AvgIpc) is 2.27. The van der Waals surface area contributed by atoms with Crippen LogP contribution in [0.15, 0.2) is 4.90 Å². The number of hydrogen-bond donors (Lipinski definition) is 0. The van der Waals surface area contributed by atoms with Crippen LogP contribution in [0.2, 0.25) is 0 Å². The van der Waals surface area contributed by atoms with Gasteiger partial charge in [0.2, 0.25) is 0 Å². The van der Waals surface area contributed by atoms with E-state index in [2.05, 4.69) is 4.74 Å². The van der Waals surface area contributed by atoms with Crippen molar-refractivity contribution in [2.24, 2.45) is 0 Å². The van der Waals surface area contributed by atoms with Crippen LogP contribution in [-0.2, 0) is 15.5 Å². The van der Waals surface area contributed by atoms with Gasteiger partial charge < -0.3 is 4.74 Å². The van der Waals surface area contributed by atoms with E-state index in [1.165, 1.54) is 6.92 Å². The maximum atomic E-state index is 13.4. The summed E-state index contributed by atoms with van der Waals surface area (Å²) >= 11 is 0. The van der Waals surface area contributed by atoms with E-state index in [-0.39, 0.29) is 6.61 Å². The third-order valence-corrected chi connectivity index (χ3v) is 2.92. The van der Waals surface area contributed by atoms with Crippen molar-refractivity contribution in [1.82, 2.24) is 0 Å². The van der Waals surface area contributed by atoms with Crippen molar-refractivity contribution in [3.8, 4) is 0 Å². The van der Waals surface area contributed by atoms with Gasteiger partial charge in [-0.25, -0.2) is 22.4 Å². The molecule has 1 aromatic carbocycles. The van der Waals surface area contributed by atoms with Crippen LogP contribution in [0.5, 0.6) is 0 Å². The Morgan fingerprint density at radius 1 is 1.11 bits per heavy atom. The fraction of sp³-hybridized carbons (Fsp3) is 0.300. The van der Waals surface area contributed by atoms with Crippen LogP contribution in [0.4, 0.5) is 17.6 Å². The lowest BCUT2D eigenvalue weighted by Crippen LogP contribution is -2.16. The Labute approximate surface area is 102 Å². The van der Waals surface area contributed by atoms with E-state index in [1.807, 2.05) is 0 Å². The molecule has 0 fully saturated rings. The summed E-state index contributed by atoms with van der Waals surface area (Å²) in [5.74, 6) is -9.09. The highest BCUT2D eigenvalue weighted by molar-refractivity contribution is 7.84. The Hall–Kier alpha value is -1.44. The van der Waals surface area contributed by atoms with Crippen molar-refractivity contribution in [2.45, 2.75) is 11.8 Å². The molecule has 18 heavy (non-hydrogen) atoms. The number of carbonyl (C=O) groups excluding carboxylic acids is 1. The maximum Gasteiger partial charge on any atom is 0.344 e. The summed E-state index contributed by atoms with van der Waals surface area (Å²) in [7, 11) is -2.28. The van der Waals surface area contributed by atoms with Gasteiger partial charge in [0.15, 0.2) is 23.3 Å². The normalized spacial score (nSPS) is 12.3. The number of carbonyl (C=O) groups is 1. The Balaban J connectivity index is 3.58. The number of ether oxygens (including phenoxy) is 1. The summed E-state index contributed by atoms with van der Waals surface area (Å²) < 4.78 is 68.8. The van der Waals surface area contributed by atoms with Crippen molar-refractivity contribution in [2.75, 3.05) is 12.9 Å². The summed E-state index contributed by atoms with van der Waals surface area (Å²) in [5, 5.41) is 0. The van der Waals surface area contributed by atoms with Gasteiger partial charge in [-0.1, -0.05) is 0 Å². The summed E-state index contributed by atoms with van der Waals surface area (Å²) in [6.45, 7) is 1.14. The van der Waals surface area contributed by atoms with Gasteiger partial charge in [0.05, 0.1) is 17.4 Å². The molecule has 0 heterocycles. The highest BCUT2D eigenvalue weighted by Crippen LogP contribution is 2.26. The molecule has 0 aliphatic rings. The zero-order chi connectivity index (χ0) is 14.0. The van der Waals surface area contributed by atoms with Gasteiger partial charge in [0, 0.05) is 6.26 Å². The topological polar surface area (TPSA) is 43.4 Å². The second kappa shape index (κ2) is 5.47. The van der Waals surface area contributed by atoms with Crippen molar-refractivity contribution in [3.05, 3.63) is 28.8 Å². The smallest absolute Gasteiger partial charge is 0.344 e. The molecule has 100 valence electrons. The molecule has 0 aliphatic heterocycles. The molecule has 0 unspecified atom stereocenters. The largest absolute Gasteiger partial charge is 0.462 e. The van der Waals surface area contributed by atoms with E-state index in [1.54, 1.807) is 0 Å². The second-order valence-corrected chi connectivity index (χ2v) is 4.45. The molecule has 0 saturated heterocycles. The maximum absolute atomic E-state index is 13.4. The second-order valence-electron chi connectivity index (χ2n) is 3.13. The molecule has 1 aromatic rings. The predicted molar refractivity (Wildman–Crippen MR) is 54.6 cm³/mol. The van der Waals surface area contributed by atoms with Crippen LogP contribution in [0.3, 0.4) is 0 Å². The summed E-state index contributed by atoms with van der Waals surface area (Å²) in [6, 6.07) is 0. The molecule has 0 aromatic heterocycles. The van der Waals surface area contributed by atoms with Crippen LogP contribution in [-0.4, -0.2) is 23.0 Å². The van der Waals surface area contributed by atoms with Crippen LogP contribution >= 0.6 is 0 Å². The molecular formula is C10H8F4O3S. The fourth-order valence-corrected chi connectivity index (χ4v) is 1.93. The highest BCUT2D eigenvalue weighted by atomic mass is 32.2. The van der Waals surface area contributed by atoms with Crippen LogP contribution in [0.1, 0.15) is 17.3 Å². The monoisotopic (exact) mass is 284 g/mol. The molecule has 0 spiro atoms. The lowest BCUT2D eigenvalue weighted by atomic mass is 10.2. The van der Waals surface area contributed by atoms with Crippen molar-refractivity contribution < 1.29 is 31.3 Å². The minimum Gasteiger partial charge on any atom is -0.462 e. The first-order chi connectivity index (χ1) is 8.32. The van der Waals surface area contributed by atoms with Gasteiger partial charge in [0.1, 0.15) is 10.5 Å². The van der Waals surface area contributed by atoms with E-state index in [9.17, 15) is 26.6 Å². The van der Waals surface area contributed by atoms with Crippen LogP contribution in [0, 0.1) is 23.3 Å². The van der Waals surface area contributed by atoms with Gasteiger partial charge in [-0.2, -0.15) is 0 Å². The first-order valence-corrected chi connectivity index (χ1v) is 6.25. The summed E-state index contributed by atoms with van der Waals surface area (Å²) in [5.41, 5.74) is -1.47. The molecule has 0 amide bonds. The van der Waals surface area contributed by atoms with Crippen LogP contribution in [0.25, 0.3) is 0 Å². The number of esters is 1. The molecule has 3 nitrogen and oxygen atoms in total. The molecule has 1 rings (SSSR count). The van der Waals surface area contributed by atoms with E-state index in [0.717, 1.165) is 6.26 Å². The summed E-state index contributed by atoms with van der Waals surface area (Å²) in [6.07, 6.45) is 0.852. The van der Waals surface area contributed by atoms with Gasteiger partial charge >= 0.3 is 5.97 Å². The van der Waals surface area contributed by atoms with E-state index in [4.69, 9.17) is 0 Å². The third kappa shape index (κ3) is 2.38. The van der Waals surface area contributed by atoms with Crippen molar-refractivity contribution in [3.63, 3.8) is 0 Å². The van der Waals surface area contributed by atoms with E-state index >= 15 is 0 Å². The van der Waals surface area contributed by atoms with E-state index < -0.39 is 50.5 Å². The summed E-state index contributed by atoms with van der Waals surface area (Å²) in [4.78, 5) is 9.91. The van der Waals surface area contributed by atoms with Crippen molar-refractivity contribution >= 4 is 16.8 Å².